The molecule has 0 aliphatic carbocycles. The van der Waals surface area contributed by atoms with Gasteiger partial charge in [-0.3, -0.25) is 9.59 Å². The molecule has 1 rings (SSSR count). The van der Waals surface area contributed by atoms with E-state index in [-0.39, 0.29) is 43.3 Å². The summed E-state index contributed by atoms with van der Waals surface area (Å²) in [6.45, 7) is 1.85. The van der Waals surface area contributed by atoms with Gasteiger partial charge in [-0.15, -0.1) is 0 Å². The summed E-state index contributed by atoms with van der Waals surface area (Å²) in [7, 11) is 0. The molecule has 0 unspecified atom stereocenters. The van der Waals surface area contributed by atoms with Crippen molar-refractivity contribution in [3.05, 3.63) is 35.4 Å². The van der Waals surface area contributed by atoms with Crippen molar-refractivity contribution in [2.45, 2.75) is 12.8 Å². The van der Waals surface area contributed by atoms with Crippen LogP contribution in [-0.2, 0) is 9.59 Å². The van der Waals surface area contributed by atoms with E-state index in [1.54, 1.807) is 12.1 Å². The first-order valence-corrected chi connectivity index (χ1v) is 4.04. The third kappa shape index (κ3) is 3.81. The SMILES string of the molecule is Cc1ccc(C(C(=O)O)C(=O)O)cc1.[CaH2]. The van der Waals surface area contributed by atoms with Crippen molar-refractivity contribution in [3.8, 4) is 0 Å². The van der Waals surface area contributed by atoms with Crippen LogP contribution in [0.2, 0.25) is 0 Å². The van der Waals surface area contributed by atoms with Crippen LogP contribution in [0.4, 0.5) is 0 Å². The fourth-order valence-electron chi connectivity index (χ4n) is 1.15. The number of hydrogen-bond acceptors (Lipinski definition) is 2. The van der Waals surface area contributed by atoms with Gasteiger partial charge in [0.05, 0.1) is 0 Å². The molecular weight excluding hydrogens is 224 g/mol. The molecule has 0 radical (unpaired) electrons. The van der Waals surface area contributed by atoms with Crippen LogP contribution in [0.15, 0.2) is 24.3 Å². The summed E-state index contributed by atoms with van der Waals surface area (Å²) in [6.07, 6.45) is 0. The van der Waals surface area contributed by atoms with Crippen molar-refractivity contribution >= 4 is 49.7 Å². The van der Waals surface area contributed by atoms with E-state index in [0.717, 1.165) is 5.56 Å². The summed E-state index contributed by atoms with van der Waals surface area (Å²) in [5.74, 6) is -4.17. The quantitative estimate of drug-likeness (QED) is 0.586. The van der Waals surface area contributed by atoms with Gasteiger partial charge in [-0.1, -0.05) is 29.8 Å². The molecule has 0 aliphatic heterocycles. The molecule has 5 heteroatoms. The van der Waals surface area contributed by atoms with Crippen LogP contribution in [-0.4, -0.2) is 59.9 Å². The van der Waals surface area contributed by atoms with Gasteiger partial charge in [0.2, 0.25) is 0 Å². The standard InChI is InChI=1S/C10H10O4.Ca.2H/c1-6-2-4-7(5-3-6)8(9(11)12)10(13)14;;;/h2-5,8H,1H3,(H,11,12)(H,13,14);;;. The molecule has 0 fully saturated rings. The van der Waals surface area contributed by atoms with Gasteiger partial charge in [0.25, 0.3) is 0 Å². The maximum atomic E-state index is 10.6. The predicted molar refractivity (Wildman–Crippen MR) is 57.7 cm³/mol. The molecule has 1 aromatic carbocycles. The molecule has 2 N–H and O–H groups in total. The first kappa shape index (κ1) is 14.4. The zero-order valence-electron chi connectivity index (χ0n) is 7.60. The second-order valence-electron chi connectivity index (χ2n) is 3.02. The third-order valence-electron chi connectivity index (χ3n) is 1.90. The van der Waals surface area contributed by atoms with Crippen LogP contribution in [0, 0.1) is 6.92 Å². The van der Waals surface area contributed by atoms with Gasteiger partial charge in [-0.2, -0.15) is 0 Å². The van der Waals surface area contributed by atoms with Crippen molar-refractivity contribution < 1.29 is 19.8 Å². The predicted octanol–water partition coefficient (Wildman–Crippen LogP) is 0.332. The minimum absolute atomic E-state index is 0. The Morgan fingerprint density at radius 1 is 1.07 bits per heavy atom. The van der Waals surface area contributed by atoms with Gasteiger partial charge in [-0.25, -0.2) is 0 Å². The zero-order valence-corrected chi connectivity index (χ0v) is 7.60. The summed E-state index contributed by atoms with van der Waals surface area (Å²) in [5.41, 5.74) is 1.25. The van der Waals surface area contributed by atoms with Crippen LogP contribution >= 0.6 is 0 Å². The molecule has 0 amide bonds. The Hall–Kier alpha value is -0.580. The molecule has 0 aliphatic rings. The van der Waals surface area contributed by atoms with Gasteiger partial charge >= 0.3 is 49.7 Å². The molecule has 0 saturated carbocycles. The Bertz CT molecular complexity index is 344. The summed E-state index contributed by atoms with van der Waals surface area (Å²) >= 11 is 0. The molecule has 15 heavy (non-hydrogen) atoms. The second-order valence-corrected chi connectivity index (χ2v) is 3.02. The summed E-state index contributed by atoms with van der Waals surface area (Å²) in [5, 5.41) is 17.4. The van der Waals surface area contributed by atoms with E-state index in [2.05, 4.69) is 0 Å². The van der Waals surface area contributed by atoms with E-state index >= 15 is 0 Å². The third-order valence-corrected chi connectivity index (χ3v) is 1.90. The monoisotopic (exact) mass is 236 g/mol. The Kier molecular flexibility index (Phi) is 5.87. The number of rotatable bonds is 3. The van der Waals surface area contributed by atoms with Crippen molar-refractivity contribution in [2.75, 3.05) is 0 Å². The van der Waals surface area contributed by atoms with Gasteiger partial charge in [0, 0.05) is 0 Å². The molecule has 78 valence electrons. The van der Waals surface area contributed by atoms with Crippen molar-refractivity contribution in [1.82, 2.24) is 0 Å². The van der Waals surface area contributed by atoms with Crippen LogP contribution < -0.4 is 0 Å². The Labute approximate surface area is 117 Å². The van der Waals surface area contributed by atoms with Crippen molar-refractivity contribution in [2.24, 2.45) is 0 Å². The molecule has 1 aromatic rings. The molecular formula is C10H12CaO4. The minimum atomic E-state index is -1.48. The average molecular weight is 236 g/mol. The van der Waals surface area contributed by atoms with E-state index in [1.165, 1.54) is 12.1 Å². The molecule has 0 spiro atoms. The summed E-state index contributed by atoms with van der Waals surface area (Å²) < 4.78 is 0. The fourth-order valence-corrected chi connectivity index (χ4v) is 1.15. The van der Waals surface area contributed by atoms with E-state index in [9.17, 15) is 9.59 Å². The number of aliphatic carboxylic acids is 2. The molecule has 0 saturated heterocycles. The van der Waals surface area contributed by atoms with Gasteiger partial charge in [-0.05, 0) is 12.5 Å². The molecule has 0 aromatic heterocycles. The van der Waals surface area contributed by atoms with Crippen LogP contribution in [0.3, 0.4) is 0 Å². The summed E-state index contributed by atoms with van der Waals surface area (Å²) in [6, 6.07) is 6.41. The van der Waals surface area contributed by atoms with Crippen molar-refractivity contribution in [3.63, 3.8) is 0 Å². The van der Waals surface area contributed by atoms with Crippen LogP contribution in [0.25, 0.3) is 0 Å². The molecule has 4 nitrogen and oxygen atoms in total. The molecule has 0 heterocycles. The first-order valence-electron chi connectivity index (χ1n) is 4.04. The fraction of sp³-hybridized carbons (Fsp3) is 0.200. The topological polar surface area (TPSA) is 74.6 Å². The van der Waals surface area contributed by atoms with E-state index in [0.29, 0.717) is 0 Å². The summed E-state index contributed by atoms with van der Waals surface area (Å²) in [4.78, 5) is 21.3. The van der Waals surface area contributed by atoms with Crippen LogP contribution in [0.1, 0.15) is 17.0 Å². The number of benzene rings is 1. The van der Waals surface area contributed by atoms with Gasteiger partial charge < -0.3 is 10.2 Å². The Morgan fingerprint density at radius 3 is 1.80 bits per heavy atom. The zero-order chi connectivity index (χ0) is 10.7. The van der Waals surface area contributed by atoms with E-state index < -0.39 is 17.9 Å². The second kappa shape index (κ2) is 6.10. The Morgan fingerprint density at radius 2 is 1.47 bits per heavy atom. The Balaban J connectivity index is 0.00000196. The van der Waals surface area contributed by atoms with E-state index in [4.69, 9.17) is 10.2 Å². The van der Waals surface area contributed by atoms with Crippen molar-refractivity contribution in [1.29, 1.82) is 0 Å². The van der Waals surface area contributed by atoms with Gasteiger partial charge in [0.15, 0.2) is 5.92 Å². The van der Waals surface area contributed by atoms with Gasteiger partial charge in [0.1, 0.15) is 0 Å². The number of carbonyl (C=O) groups is 2. The number of carboxylic acid groups (broad SMARTS) is 2. The number of hydrogen-bond donors (Lipinski definition) is 2. The maximum absolute atomic E-state index is 10.6. The normalized spacial score (nSPS) is 9.47. The number of aryl methyl sites for hydroxylation is 1. The first-order chi connectivity index (χ1) is 6.52. The number of carboxylic acids is 2. The molecule has 0 atom stereocenters. The average Bonchev–Trinajstić information content (AvgIpc) is 2.07. The van der Waals surface area contributed by atoms with E-state index in [1.807, 2.05) is 6.92 Å². The molecule has 0 bridgehead atoms. The van der Waals surface area contributed by atoms with Crippen LogP contribution in [0.5, 0.6) is 0 Å².